The molecule has 0 spiro atoms. The van der Waals surface area contributed by atoms with Gasteiger partial charge in [-0.1, -0.05) is 6.92 Å². The zero-order valence-electron chi connectivity index (χ0n) is 11.1. The predicted molar refractivity (Wildman–Crippen MR) is 71.1 cm³/mol. The van der Waals surface area contributed by atoms with Crippen LogP contribution in [0.3, 0.4) is 0 Å². The van der Waals surface area contributed by atoms with Crippen molar-refractivity contribution in [2.24, 2.45) is 11.7 Å². The molecular weight excluding hydrogens is 226 g/mol. The molecule has 1 atom stereocenters. The van der Waals surface area contributed by atoms with Crippen molar-refractivity contribution < 1.29 is 4.42 Å². The minimum atomic E-state index is 0.387. The average Bonchev–Trinajstić information content (AvgIpc) is 2.75. The fourth-order valence-corrected chi connectivity index (χ4v) is 1.81. The second-order valence-electron chi connectivity index (χ2n) is 4.77. The molecule has 2 aromatic rings. The van der Waals surface area contributed by atoms with Gasteiger partial charge in [0.15, 0.2) is 5.76 Å². The Morgan fingerprint density at radius 2 is 2.06 bits per heavy atom. The van der Waals surface area contributed by atoms with E-state index in [2.05, 4.69) is 16.9 Å². The molecule has 0 radical (unpaired) electrons. The number of furan rings is 1. The van der Waals surface area contributed by atoms with Crippen molar-refractivity contribution in [3.8, 4) is 11.5 Å². The summed E-state index contributed by atoms with van der Waals surface area (Å²) >= 11 is 0. The Morgan fingerprint density at radius 1 is 1.28 bits per heavy atom. The molecule has 18 heavy (non-hydrogen) atoms. The van der Waals surface area contributed by atoms with Crippen LogP contribution >= 0.6 is 0 Å². The maximum atomic E-state index is 5.64. The van der Waals surface area contributed by atoms with E-state index in [9.17, 15) is 0 Å². The average molecular weight is 245 g/mol. The molecule has 2 rings (SSSR count). The van der Waals surface area contributed by atoms with Crippen LogP contribution < -0.4 is 5.73 Å². The molecule has 0 saturated heterocycles. The zero-order valence-corrected chi connectivity index (χ0v) is 11.1. The highest BCUT2D eigenvalue weighted by atomic mass is 16.3. The molecule has 2 heterocycles. The molecule has 4 nitrogen and oxygen atoms in total. The molecule has 0 aromatic carbocycles. The van der Waals surface area contributed by atoms with E-state index in [0.717, 1.165) is 35.2 Å². The van der Waals surface area contributed by atoms with E-state index < -0.39 is 0 Å². The third kappa shape index (κ3) is 2.96. The Hall–Kier alpha value is -1.68. The summed E-state index contributed by atoms with van der Waals surface area (Å²) in [6.45, 7) is 6.64. The van der Waals surface area contributed by atoms with Gasteiger partial charge in [0.1, 0.15) is 17.3 Å². The lowest BCUT2D eigenvalue weighted by molar-refractivity contribution is 0.543. The van der Waals surface area contributed by atoms with E-state index in [1.54, 1.807) is 0 Å². The van der Waals surface area contributed by atoms with Crippen molar-refractivity contribution in [3.05, 3.63) is 35.5 Å². The molecule has 0 bridgehead atoms. The quantitative estimate of drug-likeness (QED) is 0.898. The van der Waals surface area contributed by atoms with Crippen molar-refractivity contribution >= 4 is 0 Å². The van der Waals surface area contributed by atoms with Crippen LogP contribution in [0, 0.1) is 19.8 Å². The maximum absolute atomic E-state index is 5.64. The lowest BCUT2D eigenvalue weighted by Crippen LogP contribution is -2.15. The van der Waals surface area contributed by atoms with Gasteiger partial charge in [-0.2, -0.15) is 0 Å². The topological polar surface area (TPSA) is 64.9 Å². The number of nitrogens with two attached hydrogens (primary N) is 1. The molecule has 0 aliphatic heterocycles. The van der Waals surface area contributed by atoms with Crippen molar-refractivity contribution in [1.82, 2.24) is 9.97 Å². The lowest BCUT2D eigenvalue weighted by Gasteiger charge is -2.08. The summed E-state index contributed by atoms with van der Waals surface area (Å²) < 4.78 is 5.60. The van der Waals surface area contributed by atoms with Gasteiger partial charge < -0.3 is 10.2 Å². The highest BCUT2D eigenvalue weighted by Gasteiger charge is 2.10. The van der Waals surface area contributed by atoms with Crippen LogP contribution in [0.5, 0.6) is 0 Å². The molecule has 0 aliphatic rings. The van der Waals surface area contributed by atoms with Crippen LogP contribution in [0.15, 0.2) is 22.6 Å². The van der Waals surface area contributed by atoms with E-state index >= 15 is 0 Å². The largest absolute Gasteiger partial charge is 0.460 e. The maximum Gasteiger partial charge on any atom is 0.152 e. The van der Waals surface area contributed by atoms with E-state index in [0.29, 0.717) is 12.5 Å². The van der Waals surface area contributed by atoms with Crippen LogP contribution in [0.2, 0.25) is 0 Å². The number of aryl methyl sites for hydroxylation is 2. The molecule has 4 heteroatoms. The predicted octanol–water partition coefficient (Wildman–Crippen LogP) is 2.49. The first-order valence-electron chi connectivity index (χ1n) is 6.20. The first-order chi connectivity index (χ1) is 8.58. The summed E-state index contributed by atoms with van der Waals surface area (Å²) in [5, 5.41) is 0. The Morgan fingerprint density at radius 3 is 2.67 bits per heavy atom. The Kier molecular flexibility index (Phi) is 3.77. The summed E-state index contributed by atoms with van der Waals surface area (Å²) in [6, 6.07) is 5.82. The highest BCUT2D eigenvalue weighted by Crippen LogP contribution is 2.21. The molecule has 0 amide bonds. The van der Waals surface area contributed by atoms with Crippen molar-refractivity contribution in [2.45, 2.75) is 27.2 Å². The first-order valence-corrected chi connectivity index (χ1v) is 6.20. The summed E-state index contributed by atoms with van der Waals surface area (Å²) in [5.41, 5.74) is 7.43. The van der Waals surface area contributed by atoms with E-state index in [-0.39, 0.29) is 0 Å². The molecule has 0 fully saturated rings. The van der Waals surface area contributed by atoms with E-state index in [4.69, 9.17) is 10.2 Å². The number of rotatable bonds is 4. The number of hydrogen-bond acceptors (Lipinski definition) is 4. The molecule has 96 valence electrons. The SMILES string of the molecule is Cc1cc(-c2ccc(C)o2)nc(CC(C)CN)n1. The van der Waals surface area contributed by atoms with Crippen LogP contribution in [0.4, 0.5) is 0 Å². The van der Waals surface area contributed by atoms with Crippen LogP contribution in [-0.2, 0) is 6.42 Å². The first kappa shape index (κ1) is 12.8. The van der Waals surface area contributed by atoms with E-state index in [1.807, 2.05) is 32.0 Å². The fraction of sp³-hybridized carbons (Fsp3) is 0.429. The summed E-state index contributed by atoms with van der Waals surface area (Å²) in [5.74, 6) is 2.90. The Bertz CT molecular complexity index is 534. The van der Waals surface area contributed by atoms with Crippen LogP contribution in [0.1, 0.15) is 24.2 Å². The molecule has 2 N–H and O–H groups in total. The fourth-order valence-electron chi connectivity index (χ4n) is 1.81. The van der Waals surface area contributed by atoms with E-state index in [1.165, 1.54) is 0 Å². The minimum absolute atomic E-state index is 0.387. The second kappa shape index (κ2) is 5.31. The van der Waals surface area contributed by atoms with Gasteiger partial charge in [-0.3, -0.25) is 0 Å². The zero-order chi connectivity index (χ0) is 13.1. The number of aromatic nitrogens is 2. The van der Waals surface area contributed by atoms with Crippen molar-refractivity contribution in [2.75, 3.05) is 6.54 Å². The second-order valence-corrected chi connectivity index (χ2v) is 4.77. The standard InChI is InChI=1S/C14H19N3O/c1-9(8-15)6-14-16-10(2)7-12(17-14)13-5-4-11(3)18-13/h4-5,7,9H,6,8,15H2,1-3H3. The molecule has 0 saturated carbocycles. The van der Waals surface area contributed by atoms with Gasteiger partial charge in [0.2, 0.25) is 0 Å². The molecular formula is C14H19N3O. The van der Waals surface area contributed by atoms with Crippen molar-refractivity contribution in [1.29, 1.82) is 0 Å². The molecule has 0 aliphatic carbocycles. The number of hydrogen-bond donors (Lipinski definition) is 1. The lowest BCUT2D eigenvalue weighted by atomic mass is 10.1. The van der Waals surface area contributed by atoms with Gasteiger partial charge in [-0.15, -0.1) is 0 Å². The van der Waals surface area contributed by atoms with Gasteiger partial charge in [-0.25, -0.2) is 9.97 Å². The monoisotopic (exact) mass is 245 g/mol. The Balaban J connectivity index is 2.32. The smallest absolute Gasteiger partial charge is 0.152 e. The third-order valence-electron chi connectivity index (χ3n) is 2.83. The highest BCUT2D eigenvalue weighted by molar-refractivity contribution is 5.52. The minimum Gasteiger partial charge on any atom is -0.460 e. The van der Waals surface area contributed by atoms with Gasteiger partial charge in [-0.05, 0) is 44.5 Å². The number of nitrogens with zero attached hydrogens (tertiary/aromatic N) is 2. The summed E-state index contributed by atoms with van der Waals surface area (Å²) in [7, 11) is 0. The van der Waals surface area contributed by atoms with Gasteiger partial charge in [0.05, 0.1) is 0 Å². The Labute approximate surface area is 107 Å². The third-order valence-corrected chi connectivity index (χ3v) is 2.83. The summed E-state index contributed by atoms with van der Waals surface area (Å²) in [6.07, 6.45) is 0.796. The molecule has 2 aromatic heterocycles. The van der Waals surface area contributed by atoms with Gasteiger partial charge in [0, 0.05) is 12.1 Å². The van der Waals surface area contributed by atoms with Crippen LogP contribution in [-0.4, -0.2) is 16.5 Å². The summed E-state index contributed by atoms with van der Waals surface area (Å²) in [4.78, 5) is 8.99. The van der Waals surface area contributed by atoms with Gasteiger partial charge in [0.25, 0.3) is 0 Å². The van der Waals surface area contributed by atoms with Gasteiger partial charge >= 0.3 is 0 Å². The van der Waals surface area contributed by atoms with Crippen molar-refractivity contribution in [3.63, 3.8) is 0 Å². The van der Waals surface area contributed by atoms with Crippen LogP contribution in [0.25, 0.3) is 11.5 Å². The normalized spacial score (nSPS) is 12.7. The molecule has 1 unspecified atom stereocenters.